The van der Waals surface area contributed by atoms with Crippen molar-refractivity contribution < 1.29 is 32.9 Å². The predicted octanol–water partition coefficient (Wildman–Crippen LogP) is 8.50. The molecule has 0 spiro atoms. The number of carbonyl (C=O) groups excluding carboxylic acids is 2. The molecular weight excluding hydrogens is 684 g/mol. The fraction of sp³-hybridized carbons (Fsp3) is 0.303. The molecule has 2 N–H and O–H groups in total. The van der Waals surface area contributed by atoms with Crippen molar-refractivity contribution in [1.29, 1.82) is 0 Å². The molecule has 4 aromatic rings. The number of rotatable bonds is 15. The summed E-state index contributed by atoms with van der Waals surface area (Å²) in [6.45, 7) is 5.81. The van der Waals surface area contributed by atoms with Crippen LogP contribution < -0.4 is 10.5 Å². The first-order valence-electron chi connectivity index (χ1n) is 14.6. The molecule has 0 aliphatic rings. The Kier molecular flexibility index (Phi) is 12.8. The van der Waals surface area contributed by atoms with Crippen molar-refractivity contribution >= 4 is 54.4 Å². The zero-order valence-corrected chi connectivity index (χ0v) is 29.6. The van der Waals surface area contributed by atoms with E-state index >= 15 is 0 Å². The highest BCUT2D eigenvalue weighted by Gasteiger charge is 2.31. The lowest BCUT2D eigenvalue weighted by Gasteiger charge is -2.22. The molecule has 47 heavy (non-hydrogen) atoms. The maximum atomic E-state index is 13.9. The second kappa shape index (κ2) is 16.6. The third-order valence-corrected chi connectivity index (χ3v) is 10.4. The molecule has 0 fully saturated rings. The van der Waals surface area contributed by atoms with Gasteiger partial charge in [-0.3, -0.25) is 4.57 Å². The molecule has 14 heteroatoms. The van der Waals surface area contributed by atoms with Gasteiger partial charge in [0.2, 0.25) is 7.37 Å². The highest BCUT2D eigenvalue weighted by molar-refractivity contribution is 7.99. The van der Waals surface area contributed by atoms with Crippen LogP contribution in [-0.2, 0) is 42.7 Å². The Morgan fingerprint density at radius 3 is 2.23 bits per heavy atom. The molecule has 0 saturated heterocycles. The number of benzene rings is 3. The SMILES string of the molecule is COC(=O)[C@H](C)OP(=O)(COc1ccc(Cn2c(COC(N)=O)nc(C(C)C)c2Sc2cc(Cl)cc(Cl)c2)cc1)Cc1ccccc1. The van der Waals surface area contributed by atoms with Crippen molar-refractivity contribution in [1.82, 2.24) is 9.55 Å². The van der Waals surface area contributed by atoms with Crippen molar-refractivity contribution in [2.75, 3.05) is 13.5 Å². The van der Waals surface area contributed by atoms with E-state index in [0.29, 0.717) is 28.2 Å². The highest BCUT2D eigenvalue weighted by Crippen LogP contribution is 2.51. The summed E-state index contributed by atoms with van der Waals surface area (Å²) in [6, 6.07) is 21.8. The molecular formula is C33H36Cl2N3O7PS. The Morgan fingerprint density at radius 2 is 1.64 bits per heavy atom. The molecule has 0 aliphatic heterocycles. The lowest BCUT2D eigenvalue weighted by Crippen LogP contribution is -2.22. The lowest BCUT2D eigenvalue weighted by molar-refractivity contribution is -0.147. The number of nitrogens with two attached hydrogens (primary N) is 1. The van der Waals surface area contributed by atoms with Gasteiger partial charge in [0.1, 0.15) is 16.6 Å². The topological polar surface area (TPSA) is 132 Å². The summed E-state index contributed by atoms with van der Waals surface area (Å²) in [4.78, 5) is 29.1. The number of primary amides is 1. The zero-order valence-electron chi connectivity index (χ0n) is 26.4. The number of imidazole rings is 1. The summed E-state index contributed by atoms with van der Waals surface area (Å²) in [6.07, 6.45) is -2.11. The molecule has 1 aromatic heterocycles. The molecule has 0 aliphatic carbocycles. The molecule has 2 atom stereocenters. The van der Waals surface area contributed by atoms with Crippen LogP contribution in [0.5, 0.6) is 5.75 Å². The van der Waals surface area contributed by atoms with Gasteiger partial charge >= 0.3 is 12.1 Å². The number of halogens is 2. The minimum atomic E-state index is -3.48. The average Bonchev–Trinajstić information content (AvgIpc) is 3.35. The number of amides is 1. The smallest absolute Gasteiger partial charge is 0.404 e. The second-order valence-corrected chi connectivity index (χ2v) is 15.3. The van der Waals surface area contributed by atoms with Crippen LogP contribution in [0, 0.1) is 0 Å². The number of esters is 1. The van der Waals surface area contributed by atoms with Crippen LogP contribution in [0.25, 0.3) is 0 Å². The third-order valence-electron chi connectivity index (χ3n) is 6.81. The molecule has 0 saturated carbocycles. The number of hydrogen-bond donors (Lipinski definition) is 1. The van der Waals surface area contributed by atoms with Gasteiger partial charge in [0, 0.05) is 21.5 Å². The van der Waals surface area contributed by atoms with Gasteiger partial charge < -0.3 is 29.0 Å². The Balaban J connectivity index is 1.58. The fourth-order valence-electron chi connectivity index (χ4n) is 4.61. The highest BCUT2D eigenvalue weighted by atomic mass is 35.5. The monoisotopic (exact) mass is 719 g/mol. The molecule has 250 valence electrons. The first-order valence-corrected chi connectivity index (χ1v) is 18.2. The van der Waals surface area contributed by atoms with Gasteiger partial charge in [0.15, 0.2) is 19.1 Å². The molecule has 10 nitrogen and oxygen atoms in total. The maximum absolute atomic E-state index is 13.9. The standard InChI is InChI=1S/C33H36Cl2N3O7PS/c1-21(2)30-31(47-28-15-25(34)14-26(35)16-28)38(29(37-30)18-43-33(36)40)17-23-10-12-27(13-11-23)44-20-46(41,45-22(3)32(39)42-4)19-24-8-6-5-7-9-24/h5-16,21-22H,17-20H2,1-4H3,(H2,36,40)/t22-,46?/m0/s1. The van der Waals surface area contributed by atoms with E-state index in [0.717, 1.165) is 26.7 Å². The number of ether oxygens (including phenoxy) is 3. The first kappa shape index (κ1) is 36.4. The van der Waals surface area contributed by atoms with Crippen LogP contribution in [0.3, 0.4) is 0 Å². The first-order chi connectivity index (χ1) is 22.4. The van der Waals surface area contributed by atoms with E-state index in [4.69, 9.17) is 52.7 Å². The number of aromatic nitrogens is 2. The summed E-state index contributed by atoms with van der Waals surface area (Å²) in [5, 5.41) is 1.84. The van der Waals surface area contributed by atoms with Crippen molar-refractivity contribution in [3.8, 4) is 5.75 Å². The van der Waals surface area contributed by atoms with Crippen LogP contribution in [0.4, 0.5) is 4.79 Å². The van der Waals surface area contributed by atoms with Gasteiger partial charge in [0.05, 0.1) is 19.0 Å². The summed E-state index contributed by atoms with van der Waals surface area (Å²) in [5.74, 6) is 0.402. The fourth-order valence-corrected chi connectivity index (χ4v) is 8.53. The van der Waals surface area contributed by atoms with Crippen molar-refractivity contribution in [2.45, 2.75) is 62.0 Å². The Labute approximate surface area is 288 Å². The van der Waals surface area contributed by atoms with Gasteiger partial charge in [-0.15, -0.1) is 0 Å². The largest absolute Gasteiger partial charge is 0.484 e. The van der Waals surface area contributed by atoms with E-state index < -0.39 is 25.5 Å². The quantitative estimate of drug-likeness (QED) is 0.0949. The molecule has 3 aromatic carbocycles. The third kappa shape index (κ3) is 10.5. The summed E-state index contributed by atoms with van der Waals surface area (Å²) in [7, 11) is -2.23. The molecule has 0 bridgehead atoms. The summed E-state index contributed by atoms with van der Waals surface area (Å²) >= 11 is 14.0. The van der Waals surface area contributed by atoms with Gasteiger partial charge in [-0.05, 0) is 54.3 Å². The van der Waals surface area contributed by atoms with E-state index in [1.165, 1.54) is 25.8 Å². The van der Waals surface area contributed by atoms with Crippen LogP contribution in [0.1, 0.15) is 49.3 Å². The van der Waals surface area contributed by atoms with Gasteiger partial charge in [-0.25, -0.2) is 14.6 Å². The number of methoxy groups -OCH3 is 1. The van der Waals surface area contributed by atoms with Gasteiger partial charge in [-0.2, -0.15) is 0 Å². The summed E-state index contributed by atoms with van der Waals surface area (Å²) < 4.78 is 37.5. The normalized spacial score (nSPS) is 13.2. The van der Waals surface area contributed by atoms with Crippen LogP contribution in [0.15, 0.2) is 82.7 Å². The summed E-state index contributed by atoms with van der Waals surface area (Å²) in [5.41, 5.74) is 7.76. The Hall–Kier alpha value is -3.47. The van der Waals surface area contributed by atoms with E-state index in [1.54, 1.807) is 18.2 Å². The van der Waals surface area contributed by atoms with E-state index in [-0.39, 0.29) is 25.0 Å². The molecule has 1 unspecified atom stereocenters. The minimum Gasteiger partial charge on any atom is -0.484 e. The van der Waals surface area contributed by atoms with E-state index in [1.807, 2.05) is 73.0 Å². The van der Waals surface area contributed by atoms with Gasteiger partial charge in [-0.1, -0.05) is 91.3 Å². The average molecular weight is 721 g/mol. The second-order valence-electron chi connectivity index (χ2n) is 10.9. The zero-order chi connectivity index (χ0) is 34.1. The van der Waals surface area contributed by atoms with Crippen LogP contribution >= 0.6 is 42.3 Å². The maximum Gasteiger partial charge on any atom is 0.404 e. The molecule has 0 radical (unpaired) electrons. The molecule has 4 rings (SSSR count). The lowest BCUT2D eigenvalue weighted by atomic mass is 10.1. The van der Waals surface area contributed by atoms with E-state index in [2.05, 4.69) is 0 Å². The number of carbonyl (C=O) groups is 2. The van der Waals surface area contributed by atoms with Crippen molar-refractivity contribution in [3.05, 3.63) is 105 Å². The van der Waals surface area contributed by atoms with Crippen LogP contribution in [0.2, 0.25) is 10.0 Å². The Bertz CT molecular complexity index is 1720. The van der Waals surface area contributed by atoms with Gasteiger partial charge in [0.25, 0.3) is 0 Å². The van der Waals surface area contributed by atoms with Crippen LogP contribution in [-0.4, -0.2) is 41.2 Å². The Morgan fingerprint density at radius 1 is 0.979 bits per heavy atom. The number of hydrogen-bond acceptors (Lipinski definition) is 9. The molecule has 1 heterocycles. The van der Waals surface area contributed by atoms with Crippen molar-refractivity contribution in [3.63, 3.8) is 0 Å². The van der Waals surface area contributed by atoms with E-state index in [9.17, 15) is 14.2 Å². The minimum absolute atomic E-state index is 0.0483. The van der Waals surface area contributed by atoms with Crippen molar-refractivity contribution in [2.24, 2.45) is 5.73 Å². The number of nitrogens with zero attached hydrogens (tertiary/aromatic N) is 2. The predicted molar refractivity (Wildman–Crippen MR) is 183 cm³/mol. The molecule has 1 amide bonds.